The maximum Gasteiger partial charge on any atom is 0.0903 e. The molecule has 2 aromatic rings. The normalized spacial score (nSPS) is 19.4. The van der Waals surface area contributed by atoms with Crippen LogP contribution in [0, 0.1) is 0 Å². The zero-order valence-corrected chi connectivity index (χ0v) is 9.89. The van der Waals surface area contributed by atoms with Gasteiger partial charge in [0.25, 0.3) is 0 Å². The fourth-order valence-corrected chi connectivity index (χ4v) is 2.93. The molecule has 0 radical (unpaired) electrons. The molecule has 17 heavy (non-hydrogen) atoms. The average Bonchev–Trinajstić information content (AvgIpc) is 2.39. The molecule has 1 aromatic heterocycles. The van der Waals surface area contributed by atoms with Crippen molar-refractivity contribution in [1.82, 2.24) is 4.98 Å². The lowest BCUT2D eigenvalue weighted by atomic mass is 9.78. The minimum Gasteiger partial charge on any atom is -0.385 e. The number of hydrogen-bond acceptors (Lipinski definition) is 2. The molecule has 0 aliphatic heterocycles. The van der Waals surface area contributed by atoms with E-state index in [4.69, 9.17) is 0 Å². The highest BCUT2D eigenvalue weighted by atomic mass is 16.3. The van der Waals surface area contributed by atoms with Gasteiger partial charge in [-0.15, -0.1) is 0 Å². The molecule has 3 rings (SSSR count). The number of benzene rings is 1. The summed E-state index contributed by atoms with van der Waals surface area (Å²) in [6.45, 7) is 0. The molecule has 0 amide bonds. The lowest BCUT2D eigenvalue weighted by Gasteiger charge is -2.33. The Bertz CT molecular complexity index is 524. The molecule has 1 aromatic carbocycles. The van der Waals surface area contributed by atoms with Crippen molar-refractivity contribution in [2.75, 3.05) is 0 Å². The second-order valence-electron chi connectivity index (χ2n) is 4.99. The van der Waals surface area contributed by atoms with Crippen LogP contribution in [-0.4, -0.2) is 10.1 Å². The molecule has 0 saturated heterocycles. The van der Waals surface area contributed by atoms with E-state index in [1.807, 2.05) is 18.3 Å². The van der Waals surface area contributed by atoms with Gasteiger partial charge >= 0.3 is 0 Å². The molecule has 1 aliphatic rings. The predicted molar refractivity (Wildman–Crippen MR) is 68.7 cm³/mol. The van der Waals surface area contributed by atoms with Crippen LogP contribution in [-0.2, 0) is 5.60 Å². The fraction of sp³-hybridized carbons (Fsp3) is 0.400. The summed E-state index contributed by atoms with van der Waals surface area (Å²) >= 11 is 0. The van der Waals surface area contributed by atoms with Gasteiger partial charge < -0.3 is 5.11 Å². The minimum atomic E-state index is -0.638. The minimum absolute atomic E-state index is 0.638. The van der Waals surface area contributed by atoms with Crippen LogP contribution >= 0.6 is 0 Å². The first-order chi connectivity index (χ1) is 8.30. The summed E-state index contributed by atoms with van der Waals surface area (Å²) in [4.78, 5) is 4.19. The molecule has 2 heteroatoms. The summed E-state index contributed by atoms with van der Waals surface area (Å²) < 4.78 is 0. The van der Waals surface area contributed by atoms with Gasteiger partial charge in [-0.1, -0.05) is 37.5 Å². The number of nitrogens with zero attached hydrogens (tertiary/aromatic N) is 1. The van der Waals surface area contributed by atoms with E-state index >= 15 is 0 Å². The average molecular weight is 227 g/mol. The zero-order valence-electron chi connectivity index (χ0n) is 9.89. The van der Waals surface area contributed by atoms with Crippen molar-refractivity contribution in [2.45, 2.75) is 37.7 Å². The lowest BCUT2D eigenvalue weighted by Crippen LogP contribution is -2.28. The number of aliphatic hydroxyl groups is 1. The third kappa shape index (κ3) is 1.83. The Balaban J connectivity index is 2.16. The van der Waals surface area contributed by atoms with Crippen molar-refractivity contribution in [2.24, 2.45) is 0 Å². The van der Waals surface area contributed by atoms with E-state index < -0.39 is 5.60 Å². The number of rotatable bonds is 1. The molecule has 2 nitrogen and oxygen atoms in total. The van der Waals surface area contributed by atoms with E-state index in [1.54, 1.807) is 6.20 Å². The van der Waals surface area contributed by atoms with Gasteiger partial charge in [0.05, 0.1) is 5.60 Å². The number of aromatic nitrogens is 1. The second-order valence-corrected chi connectivity index (χ2v) is 4.99. The number of hydrogen-bond donors (Lipinski definition) is 1. The standard InChI is InChI=1S/C15H17NO/c17-15(8-2-1-3-9-15)14-6-4-5-12-7-10-16-11-13(12)14/h4-7,10-11,17H,1-3,8-9H2. The molecule has 1 N–H and O–H groups in total. The van der Waals surface area contributed by atoms with E-state index in [0.717, 1.165) is 42.0 Å². The van der Waals surface area contributed by atoms with E-state index in [0.29, 0.717) is 0 Å². The highest BCUT2D eigenvalue weighted by molar-refractivity contribution is 5.85. The SMILES string of the molecule is OC1(c2cccc3ccncc23)CCCCC1. The smallest absolute Gasteiger partial charge is 0.0903 e. The van der Waals surface area contributed by atoms with Gasteiger partial charge in [-0.25, -0.2) is 0 Å². The molecule has 1 fully saturated rings. The maximum atomic E-state index is 10.8. The van der Waals surface area contributed by atoms with Crippen molar-refractivity contribution in [3.05, 3.63) is 42.2 Å². The zero-order chi connectivity index (χ0) is 11.7. The molecule has 0 unspecified atom stereocenters. The summed E-state index contributed by atoms with van der Waals surface area (Å²) in [7, 11) is 0. The van der Waals surface area contributed by atoms with Crippen LogP contribution in [0.4, 0.5) is 0 Å². The van der Waals surface area contributed by atoms with Crippen molar-refractivity contribution in [1.29, 1.82) is 0 Å². The lowest BCUT2D eigenvalue weighted by molar-refractivity contribution is 0.000750. The van der Waals surface area contributed by atoms with Gasteiger partial charge in [0.15, 0.2) is 0 Å². The van der Waals surface area contributed by atoms with Gasteiger partial charge in [-0.2, -0.15) is 0 Å². The molecule has 88 valence electrons. The molecule has 0 spiro atoms. The first-order valence-corrected chi connectivity index (χ1v) is 6.35. The van der Waals surface area contributed by atoms with Gasteiger partial charge in [0, 0.05) is 17.8 Å². The molecule has 1 heterocycles. The van der Waals surface area contributed by atoms with Gasteiger partial charge in [0.2, 0.25) is 0 Å². The van der Waals surface area contributed by atoms with E-state index in [-0.39, 0.29) is 0 Å². The monoisotopic (exact) mass is 227 g/mol. The van der Waals surface area contributed by atoms with Crippen LogP contribution in [0.2, 0.25) is 0 Å². The number of pyridine rings is 1. The summed E-state index contributed by atoms with van der Waals surface area (Å²) in [5, 5.41) is 13.1. The summed E-state index contributed by atoms with van der Waals surface area (Å²) in [5.74, 6) is 0. The molecule has 1 aliphatic carbocycles. The Kier molecular flexibility index (Phi) is 2.60. The Hall–Kier alpha value is -1.41. The van der Waals surface area contributed by atoms with E-state index in [9.17, 15) is 5.11 Å². The maximum absolute atomic E-state index is 10.8. The van der Waals surface area contributed by atoms with Crippen LogP contribution in [0.3, 0.4) is 0 Å². The second kappa shape index (κ2) is 4.11. The van der Waals surface area contributed by atoms with Crippen molar-refractivity contribution in [3.8, 4) is 0 Å². The highest BCUT2D eigenvalue weighted by Gasteiger charge is 2.32. The van der Waals surface area contributed by atoms with Crippen molar-refractivity contribution < 1.29 is 5.11 Å². The first kappa shape index (κ1) is 10.7. The van der Waals surface area contributed by atoms with Crippen LogP contribution in [0.25, 0.3) is 10.8 Å². The predicted octanol–water partition coefficient (Wildman–Crippen LogP) is 3.39. The first-order valence-electron chi connectivity index (χ1n) is 6.35. The molecule has 0 atom stereocenters. The van der Waals surface area contributed by atoms with E-state index in [2.05, 4.69) is 17.1 Å². The van der Waals surface area contributed by atoms with Crippen LogP contribution < -0.4 is 0 Å². The third-order valence-electron chi connectivity index (χ3n) is 3.87. The Morgan fingerprint density at radius 2 is 1.88 bits per heavy atom. The van der Waals surface area contributed by atoms with Crippen molar-refractivity contribution >= 4 is 10.8 Å². The van der Waals surface area contributed by atoms with Crippen molar-refractivity contribution in [3.63, 3.8) is 0 Å². The molecular weight excluding hydrogens is 210 g/mol. The van der Waals surface area contributed by atoms with Crippen LogP contribution in [0.5, 0.6) is 0 Å². The molecular formula is C15H17NO. The van der Waals surface area contributed by atoms with Gasteiger partial charge in [-0.3, -0.25) is 4.98 Å². The fourth-order valence-electron chi connectivity index (χ4n) is 2.93. The largest absolute Gasteiger partial charge is 0.385 e. The van der Waals surface area contributed by atoms with Gasteiger partial charge in [0.1, 0.15) is 0 Å². The highest BCUT2D eigenvalue weighted by Crippen LogP contribution is 2.39. The number of fused-ring (bicyclic) bond motifs is 1. The summed E-state index contributed by atoms with van der Waals surface area (Å²) in [5.41, 5.74) is 0.420. The topological polar surface area (TPSA) is 33.1 Å². The molecule has 0 bridgehead atoms. The quantitative estimate of drug-likeness (QED) is 0.810. The Labute approximate surface area is 101 Å². The van der Waals surface area contributed by atoms with Gasteiger partial charge in [-0.05, 0) is 29.9 Å². The van der Waals surface area contributed by atoms with E-state index in [1.165, 1.54) is 6.42 Å². The third-order valence-corrected chi connectivity index (χ3v) is 3.87. The summed E-state index contributed by atoms with van der Waals surface area (Å²) in [6, 6.07) is 8.16. The Morgan fingerprint density at radius 3 is 2.71 bits per heavy atom. The Morgan fingerprint density at radius 1 is 1.06 bits per heavy atom. The molecule has 1 saturated carbocycles. The van der Waals surface area contributed by atoms with Crippen LogP contribution in [0.1, 0.15) is 37.7 Å². The summed E-state index contributed by atoms with van der Waals surface area (Å²) in [6.07, 6.45) is 8.90. The van der Waals surface area contributed by atoms with Crippen LogP contribution in [0.15, 0.2) is 36.7 Å².